The van der Waals surface area contributed by atoms with Crippen LogP contribution in [0.15, 0.2) is 29.4 Å². The highest BCUT2D eigenvalue weighted by Gasteiger charge is 2.30. The number of sulfone groups is 1. The first kappa shape index (κ1) is 18.8. The molecule has 0 bridgehead atoms. The van der Waals surface area contributed by atoms with Crippen LogP contribution in [0.5, 0.6) is 0 Å². The van der Waals surface area contributed by atoms with Crippen molar-refractivity contribution in [2.75, 3.05) is 13.1 Å². The van der Waals surface area contributed by atoms with Gasteiger partial charge >= 0.3 is 0 Å². The number of amides is 1. The van der Waals surface area contributed by atoms with Crippen molar-refractivity contribution in [3.05, 3.63) is 24.3 Å². The fourth-order valence-corrected chi connectivity index (χ4v) is 4.37. The molecule has 0 aliphatic carbocycles. The van der Waals surface area contributed by atoms with Crippen molar-refractivity contribution in [2.45, 2.75) is 56.9 Å². The molecule has 0 saturated carbocycles. The highest BCUT2D eigenvalue weighted by Crippen LogP contribution is 2.23. The molecule has 0 radical (unpaired) electrons. The van der Waals surface area contributed by atoms with Crippen LogP contribution in [0.3, 0.4) is 0 Å². The SMILES string of the molecule is CC1CN(C(=O)Cn2c(S(=O)(=O)C(C)C)nc3ccccc32)CC(C)O1. The lowest BCUT2D eigenvalue weighted by molar-refractivity contribution is -0.143. The molecule has 2 atom stereocenters. The Bertz CT molecular complexity index is 910. The molecule has 1 aliphatic rings. The topological polar surface area (TPSA) is 81.5 Å². The monoisotopic (exact) mass is 379 g/mol. The molecular weight excluding hydrogens is 354 g/mol. The van der Waals surface area contributed by atoms with Gasteiger partial charge in [-0.3, -0.25) is 4.79 Å². The van der Waals surface area contributed by atoms with E-state index in [0.717, 1.165) is 0 Å². The average molecular weight is 379 g/mol. The van der Waals surface area contributed by atoms with Crippen molar-refractivity contribution >= 4 is 26.8 Å². The third-order valence-electron chi connectivity index (χ3n) is 4.56. The smallest absolute Gasteiger partial charge is 0.242 e. The summed E-state index contributed by atoms with van der Waals surface area (Å²) < 4.78 is 32.7. The lowest BCUT2D eigenvalue weighted by Gasteiger charge is -2.35. The second-order valence-corrected chi connectivity index (χ2v) is 9.52. The summed E-state index contributed by atoms with van der Waals surface area (Å²) in [4.78, 5) is 18.9. The van der Waals surface area contributed by atoms with Crippen LogP contribution >= 0.6 is 0 Å². The first-order valence-electron chi connectivity index (χ1n) is 8.82. The number of ether oxygens (including phenoxy) is 1. The number of carbonyl (C=O) groups is 1. The maximum atomic E-state index is 12.9. The van der Waals surface area contributed by atoms with E-state index in [2.05, 4.69) is 4.98 Å². The summed E-state index contributed by atoms with van der Waals surface area (Å²) in [7, 11) is -3.61. The molecule has 2 aromatic rings. The second kappa shape index (κ2) is 7.00. The summed E-state index contributed by atoms with van der Waals surface area (Å²) >= 11 is 0. The van der Waals surface area contributed by atoms with E-state index >= 15 is 0 Å². The third kappa shape index (κ3) is 3.48. The molecule has 0 N–H and O–H groups in total. The molecule has 2 unspecified atom stereocenters. The fourth-order valence-electron chi connectivity index (χ4n) is 3.25. The zero-order chi connectivity index (χ0) is 19.1. The number of hydrogen-bond acceptors (Lipinski definition) is 5. The Morgan fingerprint density at radius 2 is 1.85 bits per heavy atom. The van der Waals surface area contributed by atoms with Crippen molar-refractivity contribution < 1.29 is 17.9 Å². The normalized spacial score (nSPS) is 21.5. The molecule has 1 aliphatic heterocycles. The van der Waals surface area contributed by atoms with Crippen LogP contribution in [0.2, 0.25) is 0 Å². The predicted octanol–water partition coefficient (Wildman–Crippen LogP) is 1.85. The number of morpholine rings is 1. The van der Waals surface area contributed by atoms with Crippen LogP contribution in [0.1, 0.15) is 27.7 Å². The van der Waals surface area contributed by atoms with Gasteiger partial charge in [-0.15, -0.1) is 0 Å². The number of imidazole rings is 1. The van der Waals surface area contributed by atoms with E-state index in [1.807, 2.05) is 19.9 Å². The molecule has 26 heavy (non-hydrogen) atoms. The first-order valence-corrected chi connectivity index (χ1v) is 10.4. The Balaban J connectivity index is 2.00. The molecule has 1 amide bonds. The molecule has 1 aromatic heterocycles. The first-order chi connectivity index (χ1) is 12.2. The molecule has 8 heteroatoms. The van der Waals surface area contributed by atoms with Gasteiger partial charge in [-0.25, -0.2) is 13.4 Å². The Labute approximate surface area is 153 Å². The van der Waals surface area contributed by atoms with Crippen LogP contribution in [-0.2, 0) is 25.9 Å². The molecule has 1 fully saturated rings. The van der Waals surface area contributed by atoms with Crippen LogP contribution in [0.4, 0.5) is 0 Å². The van der Waals surface area contributed by atoms with Crippen molar-refractivity contribution in [1.82, 2.24) is 14.5 Å². The molecular formula is C18H25N3O4S. The maximum absolute atomic E-state index is 12.9. The highest BCUT2D eigenvalue weighted by molar-refractivity contribution is 7.91. The molecule has 2 heterocycles. The van der Waals surface area contributed by atoms with E-state index in [4.69, 9.17) is 4.74 Å². The number of benzene rings is 1. The summed E-state index contributed by atoms with van der Waals surface area (Å²) in [5.41, 5.74) is 1.22. The minimum Gasteiger partial charge on any atom is -0.372 e. The van der Waals surface area contributed by atoms with Gasteiger partial charge in [0.2, 0.25) is 20.9 Å². The fraction of sp³-hybridized carbons (Fsp3) is 0.556. The second-order valence-electron chi connectivity index (χ2n) is 7.12. The number of aromatic nitrogens is 2. The molecule has 3 rings (SSSR count). The standard InChI is InChI=1S/C18H25N3O4S/c1-12(2)26(23,24)18-19-15-7-5-6-8-16(15)21(18)11-17(22)20-9-13(3)25-14(4)10-20/h5-8,12-14H,9-11H2,1-4H3. The number of hydrogen-bond donors (Lipinski definition) is 0. The largest absolute Gasteiger partial charge is 0.372 e. The zero-order valence-electron chi connectivity index (χ0n) is 15.5. The van der Waals surface area contributed by atoms with E-state index in [1.165, 1.54) is 4.57 Å². The molecule has 142 valence electrons. The van der Waals surface area contributed by atoms with E-state index in [9.17, 15) is 13.2 Å². The van der Waals surface area contributed by atoms with E-state index in [1.54, 1.807) is 36.9 Å². The summed E-state index contributed by atoms with van der Waals surface area (Å²) in [6, 6.07) is 7.17. The van der Waals surface area contributed by atoms with Crippen molar-refractivity contribution in [2.24, 2.45) is 0 Å². The van der Waals surface area contributed by atoms with Crippen molar-refractivity contribution in [3.8, 4) is 0 Å². The van der Waals surface area contributed by atoms with E-state index < -0.39 is 15.1 Å². The summed E-state index contributed by atoms with van der Waals surface area (Å²) in [6.45, 7) is 8.04. The highest BCUT2D eigenvalue weighted by atomic mass is 32.2. The van der Waals surface area contributed by atoms with Gasteiger partial charge in [0.15, 0.2) is 0 Å². The van der Waals surface area contributed by atoms with Crippen LogP contribution < -0.4 is 0 Å². The van der Waals surface area contributed by atoms with Gasteiger partial charge in [-0.05, 0) is 39.8 Å². The summed E-state index contributed by atoms with van der Waals surface area (Å²) in [6.07, 6.45) is -0.0813. The number of para-hydroxylation sites is 2. The number of carbonyl (C=O) groups excluding carboxylic acids is 1. The van der Waals surface area contributed by atoms with Gasteiger partial charge in [0.05, 0.1) is 28.5 Å². The van der Waals surface area contributed by atoms with E-state index in [0.29, 0.717) is 24.1 Å². The Kier molecular flexibility index (Phi) is 5.07. The van der Waals surface area contributed by atoms with Crippen molar-refractivity contribution in [1.29, 1.82) is 0 Å². The molecule has 1 saturated heterocycles. The molecule has 1 aromatic carbocycles. The summed E-state index contributed by atoms with van der Waals surface area (Å²) in [5.74, 6) is -0.129. The minimum atomic E-state index is -3.61. The maximum Gasteiger partial charge on any atom is 0.242 e. The van der Waals surface area contributed by atoms with Gasteiger partial charge in [0.1, 0.15) is 6.54 Å². The van der Waals surface area contributed by atoms with Gasteiger partial charge in [0, 0.05) is 13.1 Å². The minimum absolute atomic E-state index is 0.0406. The summed E-state index contributed by atoms with van der Waals surface area (Å²) in [5, 5.41) is -0.659. The molecule has 7 nitrogen and oxygen atoms in total. The Morgan fingerprint density at radius 3 is 2.46 bits per heavy atom. The van der Waals surface area contributed by atoms with E-state index in [-0.39, 0.29) is 29.8 Å². The van der Waals surface area contributed by atoms with Crippen LogP contribution in [0, 0.1) is 0 Å². The quantitative estimate of drug-likeness (QED) is 0.810. The average Bonchev–Trinajstić information content (AvgIpc) is 2.93. The van der Waals surface area contributed by atoms with Gasteiger partial charge < -0.3 is 14.2 Å². The third-order valence-corrected chi connectivity index (χ3v) is 6.62. The van der Waals surface area contributed by atoms with Crippen LogP contribution in [0.25, 0.3) is 11.0 Å². The molecule has 0 spiro atoms. The number of nitrogens with zero attached hydrogens (tertiary/aromatic N) is 3. The Hall–Kier alpha value is -1.93. The number of rotatable bonds is 4. The van der Waals surface area contributed by atoms with Gasteiger partial charge in [0.25, 0.3) is 0 Å². The number of fused-ring (bicyclic) bond motifs is 1. The Morgan fingerprint density at radius 1 is 1.23 bits per heavy atom. The van der Waals surface area contributed by atoms with Gasteiger partial charge in [-0.1, -0.05) is 12.1 Å². The zero-order valence-corrected chi connectivity index (χ0v) is 16.4. The lowest BCUT2D eigenvalue weighted by atomic mass is 10.2. The van der Waals surface area contributed by atoms with Crippen molar-refractivity contribution in [3.63, 3.8) is 0 Å². The van der Waals surface area contributed by atoms with Crippen LogP contribution in [-0.4, -0.2) is 59.3 Å². The lowest BCUT2D eigenvalue weighted by Crippen LogP contribution is -2.49. The van der Waals surface area contributed by atoms with Gasteiger partial charge in [-0.2, -0.15) is 0 Å². The predicted molar refractivity (Wildman–Crippen MR) is 98.6 cm³/mol.